The van der Waals surface area contributed by atoms with Crippen molar-refractivity contribution in [1.29, 1.82) is 0 Å². The average molecular weight is 314 g/mol. The fourth-order valence-corrected chi connectivity index (χ4v) is 3.35. The first-order valence-corrected chi connectivity index (χ1v) is 7.22. The number of hydrogen-bond acceptors (Lipinski definition) is 3. The molecule has 2 rings (SSSR count). The van der Waals surface area contributed by atoms with Gasteiger partial charge in [0.2, 0.25) is 0 Å². The van der Waals surface area contributed by atoms with Gasteiger partial charge in [-0.05, 0) is 31.4 Å². The molecule has 0 aliphatic carbocycles. The van der Waals surface area contributed by atoms with Gasteiger partial charge in [0.1, 0.15) is 5.41 Å². The number of ether oxygens (including phenoxy) is 1. The number of rotatable bonds is 5. The van der Waals surface area contributed by atoms with E-state index >= 15 is 0 Å². The highest BCUT2D eigenvalue weighted by atomic mass is 35.5. The van der Waals surface area contributed by atoms with E-state index in [0.717, 1.165) is 24.9 Å². The van der Waals surface area contributed by atoms with Gasteiger partial charge in [-0.1, -0.05) is 37.3 Å². The van der Waals surface area contributed by atoms with E-state index < -0.39 is 11.4 Å². The molecule has 5 heteroatoms. The highest BCUT2D eigenvalue weighted by molar-refractivity contribution is 5.85. The Balaban J connectivity index is 0.00000220. The zero-order chi connectivity index (χ0) is 14.6. The fraction of sp³-hybridized carbons (Fsp3) is 0.562. The lowest BCUT2D eigenvalue weighted by Crippen LogP contribution is -2.61. The lowest BCUT2D eigenvalue weighted by Gasteiger charge is -2.43. The molecule has 0 amide bonds. The Labute approximate surface area is 132 Å². The molecule has 2 N–H and O–H groups in total. The van der Waals surface area contributed by atoms with Crippen LogP contribution in [0.2, 0.25) is 0 Å². The molecule has 1 aliphatic heterocycles. The number of carbonyl (C=O) groups is 1. The van der Waals surface area contributed by atoms with E-state index in [9.17, 15) is 9.90 Å². The minimum atomic E-state index is -0.942. The molecule has 0 spiro atoms. The van der Waals surface area contributed by atoms with Crippen molar-refractivity contribution in [3.63, 3.8) is 0 Å². The first kappa shape index (κ1) is 18.0. The molecule has 118 valence electrons. The average Bonchev–Trinajstić information content (AvgIpc) is 2.50. The summed E-state index contributed by atoms with van der Waals surface area (Å²) in [6.45, 7) is 2.77. The number of hydrogen-bond donors (Lipinski definition) is 2. The summed E-state index contributed by atoms with van der Waals surface area (Å²) in [5.74, 6) is -0.785. The quantitative estimate of drug-likeness (QED) is 0.877. The first-order chi connectivity index (χ1) is 9.66. The summed E-state index contributed by atoms with van der Waals surface area (Å²) in [6, 6.07) is 9.31. The van der Waals surface area contributed by atoms with E-state index in [0.29, 0.717) is 6.42 Å². The van der Waals surface area contributed by atoms with Gasteiger partial charge in [-0.25, -0.2) is 0 Å². The largest absolute Gasteiger partial charge is 0.481 e. The highest BCUT2D eigenvalue weighted by Gasteiger charge is 2.50. The number of nitrogens with one attached hydrogen (secondary N) is 1. The highest BCUT2D eigenvalue weighted by Crippen LogP contribution is 2.36. The molecule has 4 nitrogen and oxygen atoms in total. The van der Waals surface area contributed by atoms with E-state index in [-0.39, 0.29) is 24.6 Å². The summed E-state index contributed by atoms with van der Waals surface area (Å²) >= 11 is 0. The first-order valence-electron chi connectivity index (χ1n) is 7.22. The minimum Gasteiger partial charge on any atom is -0.481 e. The van der Waals surface area contributed by atoms with Crippen molar-refractivity contribution in [3.8, 4) is 0 Å². The summed E-state index contributed by atoms with van der Waals surface area (Å²) < 4.78 is 5.56. The lowest BCUT2D eigenvalue weighted by molar-refractivity contribution is -0.148. The standard InChI is InChI=1S/C16H23NO3.ClH/c1-3-16(15(18)19,12-8-5-4-6-9-12)14-13(20-2)10-7-11-17-14;/h4-6,8-9,13-14,17H,3,7,10-11H2,1-2H3,(H,18,19);1H. The molecule has 1 heterocycles. The van der Waals surface area contributed by atoms with Crippen LogP contribution < -0.4 is 5.32 Å². The minimum absolute atomic E-state index is 0. The molecule has 0 radical (unpaired) electrons. The number of benzene rings is 1. The van der Waals surface area contributed by atoms with E-state index in [1.165, 1.54) is 0 Å². The zero-order valence-corrected chi connectivity index (χ0v) is 13.4. The Morgan fingerprint density at radius 2 is 2.10 bits per heavy atom. The number of aliphatic carboxylic acids is 1. The zero-order valence-electron chi connectivity index (χ0n) is 12.5. The topological polar surface area (TPSA) is 58.6 Å². The Kier molecular flexibility index (Phi) is 6.65. The summed E-state index contributed by atoms with van der Waals surface area (Å²) in [6.07, 6.45) is 2.38. The number of halogens is 1. The number of carboxylic acid groups (broad SMARTS) is 1. The van der Waals surface area contributed by atoms with Crippen LogP contribution in [-0.4, -0.2) is 36.9 Å². The van der Waals surface area contributed by atoms with Crippen molar-refractivity contribution in [2.75, 3.05) is 13.7 Å². The van der Waals surface area contributed by atoms with Crippen molar-refractivity contribution >= 4 is 18.4 Å². The second-order valence-corrected chi connectivity index (χ2v) is 5.34. The molecular weight excluding hydrogens is 290 g/mol. The second-order valence-electron chi connectivity index (χ2n) is 5.34. The van der Waals surface area contributed by atoms with Crippen molar-refractivity contribution in [1.82, 2.24) is 5.32 Å². The summed E-state index contributed by atoms with van der Waals surface area (Å²) in [4.78, 5) is 12.1. The van der Waals surface area contributed by atoms with Crippen LogP contribution in [0.25, 0.3) is 0 Å². The predicted octanol–water partition coefficient (Wildman–Crippen LogP) is 2.61. The summed E-state index contributed by atoms with van der Waals surface area (Å²) in [5, 5.41) is 13.3. The number of piperidine rings is 1. The molecule has 21 heavy (non-hydrogen) atoms. The monoisotopic (exact) mass is 313 g/mol. The molecule has 0 bridgehead atoms. The third-order valence-electron chi connectivity index (χ3n) is 4.46. The van der Waals surface area contributed by atoms with Crippen LogP contribution >= 0.6 is 12.4 Å². The van der Waals surface area contributed by atoms with Gasteiger partial charge in [-0.2, -0.15) is 0 Å². The van der Waals surface area contributed by atoms with Gasteiger partial charge in [-0.15, -0.1) is 12.4 Å². The smallest absolute Gasteiger partial charge is 0.315 e. The molecule has 1 aliphatic rings. The fourth-order valence-electron chi connectivity index (χ4n) is 3.35. The third-order valence-corrected chi connectivity index (χ3v) is 4.46. The van der Waals surface area contributed by atoms with Crippen molar-refractivity contribution in [2.24, 2.45) is 0 Å². The maximum absolute atomic E-state index is 12.1. The molecule has 1 fully saturated rings. The predicted molar refractivity (Wildman–Crippen MR) is 85.1 cm³/mol. The van der Waals surface area contributed by atoms with Crippen molar-refractivity contribution in [3.05, 3.63) is 35.9 Å². The van der Waals surface area contributed by atoms with Gasteiger partial charge in [0.25, 0.3) is 0 Å². The number of methoxy groups -OCH3 is 1. The lowest BCUT2D eigenvalue weighted by atomic mass is 9.68. The van der Waals surface area contributed by atoms with E-state index in [1.807, 2.05) is 37.3 Å². The van der Waals surface area contributed by atoms with Gasteiger partial charge >= 0.3 is 5.97 Å². The molecule has 0 aromatic heterocycles. The van der Waals surface area contributed by atoms with Gasteiger partial charge < -0.3 is 15.2 Å². The van der Waals surface area contributed by atoms with E-state index in [4.69, 9.17) is 4.74 Å². The molecule has 1 aromatic carbocycles. The third kappa shape index (κ3) is 3.23. The molecule has 1 saturated heterocycles. The Morgan fingerprint density at radius 1 is 1.43 bits per heavy atom. The Bertz CT molecular complexity index is 454. The molecule has 3 unspecified atom stereocenters. The van der Waals surface area contributed by atoms with Crippen LogP contribution in [0.5, 0.6) is 0 Å². The van der Waals surface area contributed by atoms with Crippen LogP contribution in [0.3, 0.4) is 0 Å². The summed E-state index contributed by atoms with van der Waals surface area (Å²) in [7, 11) is 1.66. The van der Waals surface area contributed by atoms with Crippen LogP contribution in [-0.2, 0) is 14.9 Å². The van der Waals surface area contributed by atoms with Gasteiger partial charge in [0, 0.05) is 7.11 Å². The maximum Gasteiger partial charge on any atom is 0.315 e. The van der Waals surface area contributed by atoms with E-state index in [1.54, 1.807) is 7.11 Å². The van der Waals surface area contributed by atoms with E-state index in [2.05, 4.69) is 5.32 Å². The SMILES string of the molecule is CCC(C(=O)O)(c1ccccc1)C1NCCCC1OC.Cl. The Morgan fingerprint density at radius 3 is 2.62 bits per heavy atom. The Hall–Kier alpha value is -1.10. The summed E-state index contributed by atoms with van der Waals surface area (Å²) in [5.41, 5.74) is -0.0982. The van der Waals surface area contributed by atoms with Crippen LogP contribution in [0.15, 0.2) is 30.3 Å². The van der Waals surface area contributed by atoms with Gasteiger partial charge in [0.05, 0.1) is 12.1 Å². The van der Waals surface area contributed by atoms with Crippen molar-refractivity contribution < 1.29 is 14.6 Å². The normalized spacial score (nSPS) is 24.7. The van der Waals surface area contributed by atoms with Crippen molar-refractivity contribution in [2.45, 2.75) is 43.7 Å². The molecule has 1 aromatic rings. The van der Waals surface area contributed by atoms with Gasteiger partial charge in [0.15, 0.2) is 0 Å². The molecule has 0 saturated carbocycles. The maximum atomic E-state index is 12.1. The number of carboxylic acids is 1. The molecular formula is C16H24ClNO3. The van der Waals surface area contributed by atoms with Crippen LogP contribution in [0.1, 0.15) is 31.7 Å². The molecule has 3 atom stereocenters. The van der Waals surface area contributed by atoms with Gasteiger partial charge in [-0.3, -0.25) is 4.79 Å². The second kappa shape index (κ2) is 7.78. The van der Waals surface area contributed by atoms with Crippen LogP contribution in [0.4, 0.5) is 0 Å². The van der Waals surface area contributed by atoms with Crippen LogP contribution in [0, 0.1) is 0 Å².